The van der Waals surface area contributed by atoms with Gasteiger partial charge in [0.05, 0.1) is 12.5 Å². The quantitative estimate of drug-likeness (QED) is 0.808. The average Bonchev–Trinajstić information content (AvgIpc) is 2.81. The summed E-state index contributed by atoms with van der Waals surface area (Å²) >= 11 is 0. The van der Waals surface area contributed by atoms with Crippen LogP contribution >= 0.6 is 0 Å². The van der Waals surface area contributed by atoms with Gasteiger partial charge in [-0.15, -0.1) is 0 Å². The van der Waals surface area contributed by atoms with E-state index in [0.717, 1.165) is 32.3 Å². The average molecular weight is 240 g/mol. The van der Waals surface area contributed by atoms with Gasteiger partial charge in [-0.2, -0.15) is 0 Å². The van der Waals surface area contributed by atoms with Crippen LogP contribution in [0.4, 0.5) is 0 Å². The number of likely N-dealkylation sites (tertiary alicyclic amines) is 1. The lowest BCUT2D eigenvalue weighted by Crippen LogP contribution is -2.52. The second-order valence-electron chi connectivity index (χ2n) is 5.31. The Balaban J connectivity index is 1.94. The van der Waals surface area contributed by atoms with Gasteiger partial charge in [0.2, 0.25) is 5.91 Å². The van der Waals surface area contributed by atoms with Crippen LogP contribution in [-0.4, -0.2) is 42.1 Å². The second kappa shape index (κ2) is 5.83. The van der Waals surface area contributed by atoms with Crippen molar-refractivity contribution in [2.45, 2.75) is 63.6 Å². The molecule has 1 amide bonds. The summed E-state index contributed by atoms with van der Waals surface area (Å²) in [6.07, 6.45) is 6.16. The Hall–Kier alpha value is -0.610. The fourth-order valence-corrected chi connectivity index (χ4v) is 3.07. The molecule has 2 rings (SSSR count). The summed E-state index contributed by atoms with van der Waals surface area (Å²) < 4.78 is 5.54. The smallest absolute Gasteiger partial charge is 0.225 e. The fourth-order valence-electron chi connectivity index (χ4n) is 3.07. The summed E-state index contributed by atoms with van der Waals surface area (Å²) in [6, 6.07) is 0.582. The molecule has 0 spiro atoms. The molecule has 98 valence electrons. The molecule has 2 N–H and O–H groups in total. The predicted molar refractivity (Wildman–Crippen MR) is 66.6 cm³/mol. The summed E-state index contributed by atoms with van der Waals surface area (Å²) in [6.45, 7) is 3.53. The largest absolute Gasteiger partial charge is 0.378 e. The SMILES string of the molecule is CC1CCCC(CN)N1C(=O)CC1CCCO1. The van der Waals surface area contributed by atoms with E-state index in [2.05, 4.69) is 6.92 Å². The van der Waals surface area contributed by atoms with Crippen LogP contribution in [0.3, 0.4) is 0 Å². The number of carbonyl (C=O) groups is 1. The van der Waals surface area contributed by atoms with Gasteiger partial charge in [-0.05, 0) is 39.0 Å². The molecule has 2 aliphatic heterocycles. The van der Waals surface area contributed by atoms with E-state index >= 15 is 0 Å². The predicted octanol–water partition coefficient (Wildman–Crippen LogP) is 1.28. The highest BCUT2D eigenvalue weighted by atomic mass is 16.5. The maximum atomic E-state index is 12.3. The minimum atomic E-state index is 0.148. The lowest BCUT2D eigenvalue weighted by atomic mass is 9.95. The zero-order chi connectivity index (χ0) is 12.3. The molecule has 2 aliphatic rings. The van der Waals surface area contributed by atoms with Crippen LogP contribution in [0.15, 0.2) is 0 Å². The molecule has 0 bridgehead atoms. The van der Waals surface area contributed by atoms with Gasteiger partial charge >= 0.3 is 0 Å². The summed E-state index contributed by atoms with van der Waals surface area (Å²) in [5, 5.41) is 0. The molecule has 0 aromatic rings. The summed E-state index contributed by atoms with van der Waals surface area (Å²) in [4.78, 5) is 14.3. The number of piperidine rings is 1. The van der Waals surface area contributed by atoms with Crippen molar-refractivity contribution < 1.29 is 9.53 Å². The van der Waals surface area contributed by atoms with Crippen molar-refractivity contribution in [2.75, 3.05) is 13.2 Å². The van der Waals surface area contributed by atoms with Crippen LogP contribution < -0.4 is 5.73 Å². The molecule has 2 saturated heterocycles. The summed E-state index contributed by atoms with van der Waals surface area (Å²) in [5.41, 5.74) is 5.78. The first kappa shape index (κ1) is 12.8. The van der Waals surface area contributed by atoms with Crippen LogP contribution in [-0.2, 0) is 9.53 Å². The maximum absolute atomic E-state index is 12.3. The van der Waals surface area contributed by atoms with Crippen molar-refractivity contribution in [2.24, 2.45) is 5.73 Å². The molecule has 0 saturated carbocycles. The highest BCUT2D eigenvalue weighted by molar-refractivity contribution is 5.77. The molecule has 2 fully saturated rings. The Kier molecular flexibility index (Phi) is 4.40. The standard InChI is InChI=1S/C13H24N2O2/c1-10-4-2-5-11(9-14)15(10)13(16)8-12-6-3-7-17-12/h10-12H,2-9,14H2,1H3. The summed E-state index contributed by atoms with van der Waals surface area (Å²) in [7, 11) is 0. The van der Waals surface area contributed by atoms with Gasteiger partial charge in [0.1, 0.15) is 0 Å². The van der Waals surface area contributed by atoms with E-state index in [1.807, 2.05) is 4.90 Å². The fraction of sp³-hybridized carbons (Fsp3) is 0.923. The van der Waals surface area contributed by atoms with Gasteiger partial charge in [0.15, 0.2) is 0 Å². The molecule has 0 aromatic heterocycles. The van der Waals surface area contributed by atoms with Crippen molar-refractivity contribution in [3.8, 4) is 0 Å². The van der Waals surface area contributed by atoms with Crippen LogP contribution in [0.5, 0.6) is 0 Å². The molecule has 0 aliphatic carbocycles. The number of carbonyl (C=O) groups excluding carboxylic acids is 1. The summed E-state index contributed by atoms with van der Waals surface area (Å²) in [5.74, 6) is 0.236. The lowest BCUT2D eigenvalue weighted by molar-refractivity contribution is -0.139. The molecular weight excluding hydrogens is 216 g/mol. The van der Waals surface area contributed by atoms with Crippen LogP contribution in [0, 0.1) is 0 Å². The second-order valence-corrected chi connectivity index (χ2v) is 5.31. The Morgan fingerprint density at radius 1 is 1.35 bits per heavy atom. The molecule has 2 heterocycles. The van der Waals surface area contributed by atoms with Gasteiger partial charge in [-0.25, -0.2) is 0 Å². The maximum Gasteiger partial charge on any atom is 0.225 e. The van der Waals surface area contributed by atoms with E-state index in [4.69, 9.17) is 10.5 Å². The Morgan fingerprint density at radius 2 is 2.18 bits per heavy atom. The van der Waals surface area contributed by atoms with Crippen molar-refractivity contribution >= 4 is 5.91 Å². The lowest BCUT2D eigenvalue weighted by Gasteiger charge is -2.40. The van der Waals surface area contributed by atoms with E-state index in [9.17, 15) is 4.79 Å². The molecule has 0 radical (unpaired) electrons. The number of nitrogens with zero attached hydrogens (tertiary/aromatic N) is 1. The van der Waals surface area contributed by atoms with Gasteiger partial charge in [-0.1, -0.05) is 0 Å². The Bertz CT molecular complexity index is 264. The van der Waals surface area contributed by atoms with E-state index < -0.39 is 0 Å². The zero-order valence-electron chi connectivity index (χ0n) is 10.7. The minimum Gasteiger partial charge on any atom is -0.378 e. The van der Waals surface area contributed by atoms with Crippen molar-refractivity contribution in [1.29, 1.82) is 0 Å². The van der Waals surface area contributed by atoms with Crippen LogP contribution in [0.25, 0.3) is 0 Å². The molecular formula is C13H24N2O2. The Morgan fingerprint density at radius 3 is 2.82 bits per heavy atom. The normalized spacial score (nSPS) is 34.0. The molecule has 4 heteroatoms. The first-order valence-corrected chi connectivity index (χ1v) is 6.85. The van der Waals surface area contributed by atoms with E-state index in [0.29, 0.717) is 19.0 Å². The third kappa shape index (κ3) is 2.99. The minimum absolute atomic E-state index is 0.148. The molecule has 17 heavy (non-hydrogen) atoms. The number of nitrogens with two attached hydrogens (primary N) is 1. The number of ether oxygens (including phenoxy) is 1. The third-order valence-corrected chi connectivity index (χ3v) is 4.01. The van der Waals surface area contributed by atoms with Gasteiger partial charge < -0.3 is 15.4 Å². The van der Waals surface area contributed by atoms with Gasteiger partial charge in [0.25, 0.3) is 0 Å². The van der Waals surface area contributed by atoms with E-state index in [1.165, 1.54) is 6.42 Å². The molecule has 4 nitrogen and oxygen atoms in total. The van der Waals surface area contributed by atoms with E-state index in [-0.39, 0.29) is 18.1 Å². The topological polar surface area (TPSA) is 55.6 Å². The first-order chi connectivity index (χ1) is 8.22. The third-order valence-electron chi connectivity index (χ3n) is 4.01. The van der Waals surface area contributed by atoms with Gasteiger partial charge in [0, 0.05) is 25.2 Å². The van der Waals surface area contributed by atoms with Crippen LogP contribution in [0.1, 0.15) is 45.4 Å². The monoisotopic (exact) mass is 240 g/mol. The molecule has 3 unspecified atom stereocenters. The molecule has 3 atom stereocenters. The number of hydrogen-bond donors (Lipinski definition) is 1. The highest BCUT2D eigenvalue weighted by Crippen LogP contribution is 2.25. The van der Waals surface area contributed by atoms with Crippen molar-refractivity contribution in [3.05, 3.63) is 0 Å². The van der Waals surface area contributed by atoms with Crippen LogP contribution in [0.2, 0.25) is 0 Å². The number of amides is 1. The zero-order valence-corrected chi connectivity index (χ0v) is 10.7. The van der Waals surface area contributed by atoms with Gasteiger partial charge in [-0.3, -0.25) is 4.79 Å². The first-order valence-electron chi connectivity index (χ1n) is 6.85. The number of rotatable bonds is 3. The van der Waals surface area contributed by atoms with Crippen molar-refractivity contribution in [3.63, 3.8) is 0 Å². The highest BCUT2D eigenvalue weighted by Gasteiger charge is 2.32. The molecule has 0 aromatic carbocycles. The van der Waals surface area contributed by atoms with E-state index in [1.54, 1.807) is 0 Å². The number of hydrogen-bond acceptors (Lipinski definition) is 3. The Labute approximate surface area is 103 Å². The van der Waals surface area contributed by atoms with Crippen molar-refractivity contribution in [1.82, 2.24) is 4.90 Å².